The molecule has 186 valence electrons. The van der Waals surface area contributed by atoms with E-state index in [2.05, 4.69) is 15.0 Å². The molecular formula is C21H15F6N3O4S. The molecule has 2 N–H and O–H groups in total. The average Bonchev–Trinajstić information content (AvgIpc) is 2.73. The van der Waals surface area contributed by atoms with Crippen LogP contribution in [0.15, 0.2) is 65.7 Å². The van der Waals surface area contributed by atoms with Gasteiger partial charge in [0.2, 0.25) is 5.88 Å². The van der Waals surface area contributed by atoms with E-state index in [1.165, 1.54) is 24.3 Å². The number of alkyl halides is 6. The minimum Gasteiger partial charge on any atom is -0.438 e. The molecule has 0 aliphatic rings. The Morgan fingerprint density at radius 2 is 1.63 bits per heavy atom. The molecule has 2 aromatic carbocycles. The molecule has 0 saturated heterocycles. The van der Waals surface area contributed by atoms with Crippen LogP contribution in [-0.4, -0.2) is 27.7 Å². The van der Waals surface area contributed by atoms with Crippen molar-refractivity contribution in [1.29, 1.82) is 4.78 Å². The minimum absolute atomic E-state index is 0.0475. The Bertz CT molecular complexity index is 1340. The third-order valence-electron chi connectivity index (χ3n) is 4.24. The van der Waals surface area contributed by atoms with E-state index in [-0.39, 0.29) is 16.3 Å². The highest BCUT2D eigenvalue weighted by Gasteiger charge is 2.33. The van der Waals surface area contributed by atoms with Crippen molar-refractivity contribution in [3.63, 3.8) is 0 Å². The zero-order chi connectivity index (χ0) is 26.0. The molecule has 0 fully saturated rings. The van der Waals surface area contributed by atoms with E-state index in [1.54, 1.807) is 0 Å². The predicted molar refractivity (Wildman–Crippen MR) is 112 cm³/mol. The summed E-state index contributed by atoms with van der Waals surface area (Å²) in [6, 6.07) is 9.77. The Morgan fingerprint density at radius 1 is 1.00 bits per heavy atom. The third kappa shape index (κ3) is 7.09. The van der Waals surface area contributed by atoms with Gasteiger partial charge in [0.05, 0.1) is 15.3 Å². The first-order valence-electron chi connectivity index (χ1n) is 9.38. The van der Waals surface area contributed by atoms with Crippen LogP contribution in [0.1, 0.15) is 15.9 Å². The van der Waals surface area contributed by atoms with Crippen LogP contribution < -0.4 is 14.8 Å². The Labute approximate surface area is 194 Å². The molecule has 35 heavy (non-hydrogen) atoms. The van der Waals surface area contributed by atoms with Gasteiger partial charge in [0.25, 0.3) is 5.91 Å². The normalized spacial score (nSPS) is 13.6. The largest absolute Gasteiger partial charge is 0.573 e. The second-order valence-electron chi connectivity index (χ2n) is 7.02. The molecular weight excluding hydrogens is 504 g/mol. The number of nitrogens with zero attached hydrogens (tertiary/aromatic N) is 1. The van der Waals surface area contributed by atoms with Crippen LogP contribution in [0.3, 0.4) is 0 Å². The Hall–Kier alpha value is -3.81. The monoisotopic (exact) mass is 519 g/mol. The van der Waals surface area contributed by atoms with Crippen molar-refractivity contribution in [2.45, 2.75) is 17.4 Å². The molecule has 1 aromatic heterocycles. The maximum Gasteiger partial charge on any atom is 0.573 e. The lowest BCUT2D eigenvalue weighted by atomic mass is 10.1. The number of halogens is 6. The molecule has 7 nitrogen and oxygen atoms in total. The van der Waals surface area contributed by atoms with Crippen LogP contribution in [0.2, 0.25) is 0 Å². The summed E-state index contributed by atoms with van der Waals surface area (Å²) in [5.74, 6) is -2.33. The number of anilines is 1. The molecule has 0 spiro atoms. The maximum atomic E-state index is 13.2. The Balaban J connectivity index is 1.93. The molecule has 0 saturated carbocycles. The van der Waals surface area contributed by atoms with Gasteiger partial charge in [-0.1, -0.05) is 6.07 Å². The van der Waals surface area contributed by atoms with Crippen LogP contribution >= 0.6 is 0 Å². The van der Waals surface area contributed by atoms with Crippen LogP contribution in [0.5, 0.6) is 17.4 Å². The van der Waals surface area contributed by atoms with Crippen molar-refractivity contribution in [2.75, 3.05) is 11.6 Å². The summed E-state index contributed by atoms with van der Waals surface area (Å²) < 4.78 is 105. The SMILES string of the molecule is CS(=N)(=O)c1cccc(NC(=O)c2cc(C(F)(F)F)cnc2Oc2ccc(OC(F)(F)F)cc2)c1. The van der Waals surface area contributed by atoms with Crippen molar-refractivity contribution >= 4 is 21.3 Å². The van der Waals surface area contributed by atoms with Crippen molar-refractivity contribution < 1.29 is 44.8 Å². The molecule has 1 amide bonds. The van der Waals surface area contributed by atoms with Crippen molar-refractivity contribution in [1.82, 2.24) is 4.98 Å². The van der Waals surface area contributed by atoms with Crippen LogP contribution in [0, 0.1) is 4.78 Å². The fourth-order valence-electron chi connectivity index (χ4n) is 2.69. The van der Waals surface area contributed by atoms with Crippen molar-refractivity contribution in [2.24, 2.45) is 0 Å². The summed E-state index contributed by atoms with van der Waals surface area (Å²) in [5, 5.41) is 2.33. The fourth-order valence-corrected chi connectivity index (χ4v) is 3.38. The lowest BCUT2D eigenvalue weighted by Crippen LogP contribution is -2.17. The van der Waals surface area contributed by atoms with Crippen molar-refractivity contribution in [3.8, 4) is 17.4 Å². The van der Waals surface area contributed by atoms with E-state index in [0.29, 0.717) is 12.3 Å². The van der Waals surface area contributed by atoms with E-state index in [9.17, 15) is 35.3 Å². The number of benzene rings is 2. The van der Waals surface area contributed by atoms with E-state index in [4.69, 9.17) is 9.52 Å². The topological polar surface area (TPSA) is 101 Å². The summed E-state index contributed by atoms with van der Waals surface area (Å²) in [6.45, 7) is 0. The van der Waals surface area contributed by atoms with Gasteiger partial charge in [-0.05, 0) is 48.5 Å². The second-order valence-corrected chi connectivity index (χ2v) is 9.18. The highest BCUT2D eigenvalue weighted by Crippen LogP contribution is 2.34. The molecule has 0 aliphatic carbocycles. The van der Waals surface area contributed by atoms with Crippen LogP contribution in [-0.2, 0) is 15.9 Å². The quantitative estimate of drug-likeness (QED) is 0.385. The van der Waals surface area contributed by atoms with Gasteiger partial charge in [0.15, 0.2) is 0 Å². The number of pyridine rings is 1. The van der Waals surface area contributed by atoms with Gasteiger partial charge >= 0.3 is 12.5 Å². The Kier molecular flexibility index (Phi) is 6.96. The predicted octanol–water partition coefficient (Wildman–Crippen LogP) is 6.08. The summed E-state index contributed by atoms with van der Waals surface area (Å²) in [4.78, 5) is 16.4. The standard InChI is InChI=1S/C21H15F6N3O4S/c1-35(28,32)16-4-2-3-13(10-16)30-18(31)17-9-12(20(22,23)24)11-29-19(17)33-14-5-7-15(8-6-14)34-21(25,26)27/h2-11,28H,1H3,(H,30,31). The van der Waals surface area contributed by atoms with Crippen LogP contribution in [0.25, 0.3) is 0 Å². The molecule has 3 aromatic rings. The number of aromatic nitrogens is 1. The number of carbonyl (C=O) groups excluding carboxylic acids is 1. The lowest BCUT2D eigenvalue weighted by Gasteiger charge is -2.14. The Morgan fingerprint density at radius 3 is 2.20 bits per heavy atom. The maximum absolute atomic E-state index is 13.2. The summed E-state index contributed by atoms with van der Waals surface area (Å²) in [7, 11) is -3.13. The van der Waals surface area contributed by atoms with Crippen molar-refractivity contribution in [3.05, 3.63) is 71.9 Å². The first kappa shape index (κ1) is 25.8. The molecule has 3 rings (SSSR count). The summed E-state index contributed by atoms with van der Waals surface area (Å²) in [5.41, 5.74) is -1.84. The van der Waals surface area contributed by atoms with Gasteiger partial charge in [-0.2, -0.15) is 13.2 Å². The average molecular weight is 519 g/mol. The smallest absolute Gasteiger partial charge is 0.438 e. The molecule has 0 bridgehead atoms. The molecule has 14 heteroatoms. The van der Waals surface area contributed by atoms with Gasteiger partial charge < -0.3 is 14.8 Å². The second kappa shape index (κ2) is 9.44. The number of ether oxygens (including phenoxy) is 2. The minimum atomic E-state index is -4.93. The lowest BCUT2D eigenvalue weighted by molar-refractivity contribution is -0.274. The third-order valence-corrected chi connectivity index (χ3v) is 5.39. The molecule has 0 aliphatic heterocycles. The van der Waals surface area contributed by atoms with E-state index in [1.807, 2.05) is 0 Å². The number of rotatable bonds is 6. The number of hydrogen-bond donors (Lipinski definition) is 2. The number of carbonyl (C=O) groups is 1. The highest BCUT2D eigenvalue weighted by molar-refractivity contribution is 7.91. The van der Waals surface area contributed by atoms with Gasteiger partial charge in [-0.3, -0.25) is 4.79 Å². The molecule has 1 atom stereocenters. The first-order valence-corrected chi connectivity index (χ1v) is 11.3. The van der Waals surface area contributed by atoms with Crippen LogP contribution in [0.4, 0.5) is 32.0 Å². The number of nitrogens with one attached hydrogen (secondary N) is 2. The van der Waals surface area contributed by atoms with E-state index >= 15 is 0 Å². The zero-order valence-electron chi connectivity index (χ0n) is 17.5. The van der Waals surface area contributed by atoms with Gasteiger partial charge in [0.1, 0.15) is 17.1 Å². The fraction of sp³-hybridized carbons (Fsp3) is 0.143. The molecule has 1 unspecified atom stereocenters. The zero-order valence-corrected chi connectivity index (χ0v) is 18.3. The highest BCUT2D eigenvalue weighted by atomic mass is 32.2. The van der Waals surface area contributed by atoms with Gasteiger partial charge in [-0.25, -0.2) is 14.0 Å². The summed E-state index contributed by atoms with van der Waals surface area (Å²) in [6.07, 6.45) is -8.18. The number of hydrogen-bond acceptors (Lipinski definition) is 6. The van der Waals surface area contributed by atoms with E-state index in [0.717, 1.165) is 30.5 Å². The van der Waals surface area contributed by atoms with E-state index < -0.39 is 50.9 Å². The van der Waals surface area contributed by atoms with Gasteiger partial charge in [-0.15, -0.1) is 13.2 Å². The molecule has 0 radical (unpaired) electrons. The molecule has 1 heterocycles. The first-order chi connectivity index (χ1) is 16.1. The number of amides is 1. The van der Waals surface area contributed by atoms with Gasteiger partial charge in [0, 0.05) is 23.0 Å². The summed E-state index contributed by atoms with van der Waals surface area (Å²) >= 11 is 0.